The Kier molecular flexibility index (Phi) is 8.16. The lowest BCUT2D eigenvalue weighted by Crippen LogP contribution is -2.19. The molecule has 0 aliphatic carbocycles. The van der Waals surface area contributed by atoms with Gasteiger partial charge in [0.05, 0.1) is 12.6 Å². The van der Waals surface area contributed by atoms with Crippen molar-refractivity contribution in [2.75, 3.05) is 10.6 Å². The van der Waals surface area contributed by atoms with Crippen LogP contribution in [0, 0.1) is 23.8 Å². The van der Waals surface area contributed by atoms with E-state index in [9.17, 15) is 14.9 Å². The molecule has 2 aromatic rings. The van der Waals surface area contributed by atoms with Crippen LogP contribution < -0.4 is 10.6 Å². The quantitative estimate of drug-likeness (QED) is 0.425. The summed E-state index contributed by atoms with van der Waals surface area (Å²) in [6.07, 6.45) is 7.36. The highest BCUT2D eigenvalue weighted by Crippen LogP contribution is 2.10. The average Bonchev–Trinajstić information content (AvgIpc) is 2.74. The number of para-hydroxylation sites is 2. The third kappa shape index (κ3) is 7.01. The molecule has 0 fully saturated rings. The van der Waals surface area contributed by atoms with Gasteiger partial charge in [-0.15, -0.1) is 0 Å². The summed E-state index contributed by atoms with van der Waals surface area (Å²) in [5.41, 5.74) is 1.12. The Morgan fingerprint density at radius 1 is 0.931 bits per heavy atom. The van der Waals surface area contributed by atoms with Gasteiger partial charge in [0.1, 0.15) is 5.92 Å². The smallest absolute Gasteiger partial charge is 0.254 e. The monoisotopic (exact) mass is 382 g/mol. The predicted molar refractivity (Wildman–Crippen MR) is 112 cm³/mol. The molecule has 0 saturated carbocycles. The number of allylic oxidation sites excluding steroid dienone is 4. The summed E-state index contributed by atoms with van der Waals surface area (Å²) in [7, 11) is 0. The molecular formula is C23H18N4O2. The summed E-state index contributed by atoms with van der Waals surface area (Å²) in [5.74, 6) is -1.93. The van der Waals surface area contributed by atoms with Crippen molar-refractivity contribution in [3.05, 3.63) is 108 Å². The number of hydrogen-bond acceptors (Lipinski definition) is 3. The van der Waals surface area contributed by atoms with Crippen LogP contribution in [-0.4, -0.2) is 11.8 Å². The molecule has 2 N–H and O–H groups in total. The third-order valence-corrected chi connectivity index (χ3v) is 3.63. The molecule has 0 aliphatic heterocycles. The van der Waals surface area contributed by atoms with Crippen LogP contribution in [0.1, 0.15) is 0 Å². The Bertz CT molecular complexity index is 1010. The highest BCUT2D eigenvalue weighted by molar-refractivity contribution is 6.05. The number of amides is 2. The maximum atomic E-state index is 12.1. The molecule has 0 heterocycles. The van der Waals surface area contributed by atoms with E-state index in [0.29, 0.717) is 11.4 Å². The molecule has 2 rings (SSSR count). The number of rotatable bonds is 7. The molecule has 0 radical (unpaired) electrons. The van der Waals surface area contributed by atoms with Crippen LogP contribution in [0.4, 0.5) is 11.4 Å². The first-order valence-corrected chi connectivity index (χ1v) is 8.68. The highest BCUT2D eigenvalue weighted by Gasteiger charge is 2.14. The number of nitrogens with one attached hydrogen (secondary N) is 2. The maximum Gasteiger partial charge on any atom is 0.254 e. The molecule has 2 aromatic carbocycles. The number of carbonyl (C=O) groups excluding carboxylic acids is 2. The van der Waals surface area contributed by atoms with Crippen molar-refractivity contribution in [3.8, 4) is 6.07 Å². The minimum absolute atomic E-state index is 0.0860. The lowest BCUT2D eigenvalue weighted by Gasteiger charge is -2.06. The SMILES string of the molecule is [C-]#[N+]C(=CC=CC=CC(C#N)C(=O)Nc1ccccc1)C(=O)Nc1ccccc1. The molecule has 142 valence electrons. The van der Waals surface area contributed by atoms with Crippen LogP contribution in [0.25, 0.3) is 4.85 Å². The topological polar surface area (TPSA) is 86.3 Å². The fourth-order valence-electron chi connectivity index (χ4n) is 2.20. The summed E-state index contributed by atoms with van der Waals surface area (Å²) < 4.78 is 0. The molecule has 0 aliphatic rings. The fourth-order valence-corrected chi connectivity index (χ4v) is 2.20. The van der Waals surface area contributed by atoms with Crippen molar-refractivity contribution in [2.24, 2.45) is 5.92 Å². The highest BCUT2D eigenvalue weighted by atomic mass is 16.2. The number of carbonyl (C=O) groups is 2. The summed E-state index contributed by atoms with van der Waals surface area (Å²) >= 11 is 0. The van der Waals surface area contributed by atoms with Gasteiger partial charge in [0.15, 0.2) is 0 Å². The van der Waals surface area contributed by atoms with E-state index in [-0.39, 0.29) is 5.70 Å². The van der Waals surface area contributed by atoms with Crippen LogP contribution in [0.3, 0.4) is 0 Å². The Hall–Kier alpha value is -4.42. The summed E-state index contributed by atoms with van der Waals surface area (Å²) in [6, 6.07) is 19.6. The van der Waals surface area contributed by atoms with Crippen molar-refractivity contribution >= 4 is 23.2 Å². The first kappa shape index (κ1) is 20.9. The number of benzene rings is 2. The fraction of sp³-hybridized carbons (Fsp3) is 0.0435. The Morgan fingerprint density at radius 2 is 1.52 bits per heavy atom. The molecule has 1 unspecified atom stereocenters. The van der Waals surface area contributed by atoms with E-state index in [1.807, 2.05) is 18.2 Å². The van der Waals surface area contributed by atoms with Gasteiger partial charge in [0.25, 0.3) is 5.91 Å². The lowest BCUT2D eigenvalue weighted by atomic mass is 10.1. The van der Waals surface area contributed by atoms with Crippen molar-refractivity contribution in [2.45, 2.75) is 0 Å². The zero-order chi connectivity index (χ0) is 20.9. The van der Waals surface area contributed by atoms with Gasteiger partial charge >= 0.3 is 0 Å². The van der Waals surface area contributed by atoms with Crippen LogP contribution in [-0.2, 0) is 9.59 Å². The van der Waals surface area contributed by atoms with Crippen LogP contribution >= 0.6 is 0 Å². The summed E-state index contributed by atoms with van der Waals surface area (Å²) in [6.45, 7) is 7.15. The van der Waals surface area contributed by atoms with Gasteiger partial charge in [-0.3, -0.25) is 9.59 Å². The van der Waals surface area contributed by atoms with E-state index >= 15 is 0 Å². The molecule has 1 atom stereocenters. The maximum absolute atomic E-state index is 12.1. The average molecular weight is 382 g/mol. The molecule has 2 amide bonds. The van der Waals surface area contributed by atoms with Gasteiger partial charge in [-0.2, -0.15) is 5.26 Å². The van der Waals surface area contributed by atoms with Crippen molar-refractivity contribution < 1.29 is 9.59 Å². The first-order valence-electron chi connectivity index (χ1n) is 8.68. The van der Waals surface area contributed by atoms with E-state index in [0.717, 1.165) is 0 Å². The standard InChI is InChI=1S/C23H18N4O2/c1-25-21(23(29)27-20-14-8-4-9-15-20)16-10-2-5-11-18(17-24)22(28)26-19-12-6-3-7-13-19/h2-16,18H,(H,26,28)(H,27,29). The molecular weight excluding hydrogens is 364 g/mol. The number of anilines is 2. The molecule has 0 spiro atoms. The normalized spacial score (nSPS) is 12.1. The zero-order valence-electron chi connectivity index (χ0n) is 15.4. The largest absolute Gasteiger partial charge is 0.332 e. The second kappa shape index (κ2) is 11.3. The van der Waals surface area contributed by atoms with E-state index in [1.165, 1.54) is 24.3 Å². The number of nitrogens with zero attached hydrogens (tertiary/aromatic N) is 2. The van der Waals surface area contributed by atoms with Crippen molar-refractivity contribution in [3.63, 3.8) is 0 Å². The molecule has 6 nitrogen and oxygen atoms in total. The third-order valence-electron chi connectivity index (χ3n) is 3.63. The Balaban J connectivity index is 1.94. The minimum Gasteiger partial charge on any atom is -0.332 e. The molecule has 6 heteroatoms. The van der Waals surface area contributed by atoms with Gasteiger partial charge in [0, 0.05) is 11.4 Å². The van der Waals surface area contributed by atoms with Crippen LogP contribution in [0.2, 0.25) is 0 Å². The van der Waals surface area contributed by atoms with Gasteiger partial charge in [-0.05, 0) is 24.3 Å². The summed E-state index contributed by atoms with van der Waals surface area (Å²) in [5, 5.41) is 14.5. The molecule has 0 aromatic heterocycles. The number of hydrogen-bond donors (Lipinski definition) is 2. The van der Waals surface area contributed by atoms with Crippen molar-refractivity contribution in [1.29, 1.82) is 5.26 Å². The first-order chi connectivity index (χ1) is 14.1. The zero-order valence-corrected chi connectivity index (χ0v) is 15.4. The van der Waals surface area contributed by atoms with E-state index in [2.05, 4.69) is 15.5 Å². The molecule has 29 heavy (non-hydrogen) atoms. The van der Waals surface area contributed by atoms with Gasteiger partial charge < -0.3 is 10.6 Å². The van der Waals surface area contributed by atoms with Gasteiger partial charge in [0.2, 0.25) is 11.6 Å². The summed E-state index contributed by atoms with van der Waals surface area (Å²) in [4.78, 5) is 27.4. The molecule has 0 bridgehead atoms. The van der Waals surface area contributed by atoms with Crippen LogP contribution in [0.15, 0.2) is 96.7 Å². The van der Waals surface area contributed by atoms with Crippen LogP contribution in [0.5, 0.6) is 0 Å². The van der Waals surface area contributed by atoms with Gasteiger partial charge in [-0.1, -0.05) is 66.8 Å². The lowest BCUT2D eigenvalue weighted by molar-refractivity contribution is -0.117. The minimum atomic E-state index is -0.967. The number of nitriles is 1. The van der Waals surface area contributed by atoms with E-state index < -0.39 is 17.7 Å². The van der Waals surface area contributed by atoms with Gasteiger partial charge in [-0.25, -0.2) is 4.85 Å². The predicted octanol–water partition coefficient (Wildman–Crippen LogP) is 4.32. The second-order valence-corrected chi connectivity index (χ2v) is 5.72. The molecule has 0 saturated heterocycles. The van der Waals surface area contributed by atoms with Crippen molar-refractivity contribution in [1.82, 2.24) is 0 Å². The van der Waals surface area contributed by atoms with E-state index in [1.54, 1.807) is 54.6 Å². The van der Waals surface area contributed by atoms with E-state index in [4.69, 9.17) is 6.57 Å². The Morgan fingerprint density at radius 3 is 2.07 bits per heavy atom. The Labute approximate surface area is 169 Å². The second-order valence-electron chi connectivity index (χ2n) is 5.72.